The Balaban J connectivity index is 1.65. The second-order valence-electron chi connectivity index (χ2n) is 6.40. The van der Waals surface area contributed by atoms with E-state index in [-0.39, 0.29) is 17.6 Å². The summed E-state index contributed by atoms with van der Waals surface area (Å²) in [6.45, 7) is 4.04. The smallest absolute Gasteiger partial charge is 0.229 e. The first kappa shape index (κ1) is 16.0. The highest BCUT2D eigenvalue weighted by Crippen LogP contribution is 2.33. The Morgan fingerprint density at radius 1 is 1.28 bits per heavy atom. The van der Waals surface area contributed by atoms with E-state index in [1.807, 2.05) is 19.2 Å². The Morgan fingerprint density at radius 2 is 2.00 bits per heavy atom. The second-order valence-corrected chi connectivity index (χ2v) is 7.26. The predicted molar refractivity (Wildman–Crippen MR) is 97.7 cm³/mol. The van der Waals surface area contributed by atoms with E-state index in [1.54, 1.807) is 12.1 Å². The van der Waals surface area contributed by atoms with Crippen LogP contribution in [0.4, 0.5) is 9.52 Å². The van der Waals surface area contributed by atoms with Gasteiger partial charge in [0.15, 0.2) is 5.13 Å². The van der Waals surface area contributed by atoms with Gasteiger partial charge < -0.3 is 9.88 Å². The third-order valence-corrected chi connectivity index (χ3v) is 5.23. The Labute approximate surface area is 149 Å². The van der Waals surface area contributed by atoms with Gasteiger partial charge in [0.1, 0.15) is 5.82 Å². The number of aromatic nitrogens is 2. The zero-order chi connectivity index (χ0) is 17.6. The van der Waals surface area contributed by atoms with Crippen LogP contribution >= 0.6 is 11.3 Å². The molecule has 0 radical (unpaired) electrons. The molecule has 0 bridgehead atoms. The van der Waals surface area contributed by atoms with Crippen LogP contribution in [0.15, 0.2) is 35.7 Å². The molecule has 25 heavy (non-hydrogen) atoms. The molecule has 1 amide bonds. The van der Waals surface area contributed by atoms with E-state index in [0.29, 0.717) is 5.13 Å². The van der Waals surface area contributed by atoms with Crippen molar-refractivity contribution in [1.29, 1.82) is 0 Å². The average Bonchev–Trinajstić information content (AvgIpc) is 3.28. The van der Waals surface area contributed by atoms with Crippen molar-refractivity contribution in [1.82, 2.24) is 9.55 Å². The molecule has 0 saturated heterocycles. The number of halogens is 1. The van der Waals surface area contributed by atoms with Crippen LogP contribution in [0, 0.1) is 25.6 Å². The van der Waals surface area contributed by atoms with Crippen molar-refractivity contribution in [2.45, 2.75) is 26.7 Å². The lowest BCUT2D eigenvalue weighted by Gasteiger charge is -2.09. The van der Waals surface area contributed by atoms with Crippen LogP contribution in [-0.2, 0) is 4.79 Å². The molecule has 2 heterocycles. The number of rotatable bonds is 4. The van der Waals surface area contributed by atoms with Gasteiger partial charge in [0.05, 0.1) is 5.69 Å². The number of nitrogens with zero attached hydrogens (tertiary/aromatic N) is 2. The van der Waals surface area contributed by atoms with Gasteiger partial charge in [-0.1, -0.05) is 0 Å². The molecule has 4 rings (SSSR count). The van der Waals surface area contributed by atoms with Crippen LogP contribution in [0.2, 0.25) is 0 Å². The summed E-state index contributed by atoms with van der Waals surface area (Å²) in [7, 11) is 0. The van der Waals surface area contributed by atoms with Crippen LogP contribution < -0.4 is 5.32 Å². The molecule has 1 saturated carbocycles. The van der Waals surface area contributed by atoms with Gasteiger partial charge in [-0.15, -0.1) is 11.3 Å². The molecule has 0 atom stereocenters. The van der Waals surface area contributed by atoms with E-state index in [9.17, 15) is 9.18 Å². The van der Waals surface area contributed by atoms with Crippen molar-refractivity contribution in [2.75, 3.05) is 5.32 Å². The summed E-state index contributed by atoms with van der Waals surface area (Å²) in [4.78, 5) is 16.4. The number of carbonyl (C=O) groups excluding carboxylic acids is 1. The third-order valence-electron chi connectivity index (χ3n) is 4.47. The van der Waals surface area contributed by atoms with Crippen LogP contribution in [0.25, 0.3) is 16.9 Å². The molecule has 0 unspecified atom stereocenters. The van der Waals surface area contributed by atoms with Gasteiger partial charge >= 0.3 is 0 Å². The normalized spacial score (nSPS) is 13.9. The van der Waals surface area contributed by atoms with Crippen LogP contribution in [0.5, 0.6) is 0 Å². The number of nitrogens with one attached hydrogen (secondary N) is 1. The summed E-state index contributed by atoms with van der Waals surface area (Å²) in [6, 6.07) is 8.52. The van der Waals surface area contributed by atoms with Gasteiger partial charge in [0, 0.05) is 33.9 Å². The van der Waals surface area contributed by atoms with Crippen molar-refractivity contribution in [3.63, 3.8) is 0 Å². The van der Waals surface area contributed by atoms with Gasteiger partial charge in [0.25, 0.3) is 0 Å². The molecule has 1 N–H and O–H groups in total. The lowest BCUT2D eigenvalue weighted by atomic mass is 10.2. The zero-order valence-corrected chi connectivity index (χ0v) is 14.9. The SMILES string of the molecule is Cc1cc(-c2csc(NC(=O)C3CC3)n2)c(C)n1-c1ccc(F)cc1. The number of thiazole rings is 1. The Kier molecular flexibility index (Phi) is 3.92. The highest BCUT2D eigenvalue weighted by molar-refractivity contribution is 7.14. The number of hydrogen-bond acceptors (Lipinski definition) is 3. The number of benzene rings is 1. The summed E-state index contributed by atoms with van der Waals surface area (Å²) in [5.41, 5.74) is 4.87. The highest BCUT2D eigenvalue weighted by Gasteiger charge is 2.30. The van der Waals surface area contributed by atoms with Crippen molar-refractivity contribution >= 4 is 22.4 Å². The van der Waals surface area contributed by atoms with E-state index in [0.717, 1.165) is 41.2 Å². The topological polar surface area (TPSA) is 46.9 Å². The Morgan fingerprint density at radius 3 is 2.68 bits per heavy atom. The quantitative estimate of drug-likeness (QED) is 0.737. The summed E-state index contributed by atoms with van der Waals surface area (Å²) < 4.78 is 15.3. The molecule has 0 spiro atoms. The lowest BCUT2D eigenvalue weighted by Crippen LogP contribution is -2.12. The predicted octanol–water partition coefficient (Wildman–Crippen LogP) is 4.71. The molecular weight excluding hydrogens is 337 g/mol. The maximum atomic E-state index is 13.2. The van der Waals surface area contributed by atoms with E-state index in [4.69, 9.17) is 0 Å². The molecular formula is C19H18FN3OS. The molecule has 1 fully saturated rings. The number of aryl methyl sites for hydroxylation is 1. The van der Waals surface area contributed by atoms with Crippen molar-refractivity contribution in [3.8, 4) is 16.9 Å². The molecule has 4 nitrogen and oxygen atoms in total. The molecule has 3 aromatic rings. The van der Waals surface area contributed by atoms with Crippen molar-refractivity contribution < 1.29 is 9.18 Å². The highest BCUT2D eigenvalue weighted by atomic mass is 32.1. The van der Waals surface area contributed by atoms with Crippen LogP contribution in [0.1, 0.15) is 24.2 Å². The fraction of sp³-hybridized carbons (Fsp3) is 0.263. The second kappa shape index (κ2) is 6.11. The number of hydrogen-bond donors (Lipinski definition) is 1. The standard InChI is InChI=1S/C19H18FN3OS/c1-11-9-16(12(2)23(11)15-7-5-14(20)6-8-15)17-10-25-19(21-17)22-18(24)13-3-4-13/h5-10,13H,3-4H2,1-2H3,(H,21,22,24). The summed E-state index contributed by atoms with van der Waals surface area (Å²) >= 11 is 1.44. The fourth-order valence-electron chi connectivity index (χ4n) is 3.02. The number of anilines is 1. The van der Waals surface area contributed by atoms with E-state index in [1.165, 1.54) is 23.5 Å². The number of amides is 1. The molecule has 2 aromatic heterocycles. The van der Waals surface area contributed by atoms with E-state index >= 15 is 0 Å². The van der Waals surface area contributed by atoms with Gasteiger partial charge in [-0.2, -0.15) is 0 Å². The van der Waals surface area contributed by atoms with E-state index < -0.39 is 0 Å². The maximum absolute atomic E-state index is 13.2. The molecule has 128 valence electrons. The molecule has 1 aliphatic carbocycles. The fourth-order valence-corrected chi connectivity index (χ4v) is 3.73. The molecule has 1 aliphatic rings. The van der Waals surface area contributed by atoms with Crippen molar-refractivity contribution in [3.05, 3.63) is 52.9 Å². The Hall–Kier alpha value is -2.47. The summed E-state index contributed by atoms with van der Waals surface area (Å²) in [5.74, 6) is -0.0180. The first-order chi connectivity index (χ1) is 12.0. The number of carbonyl (C=O) groups is 1. The monoisotopic (exact) mass is 355 g/mol. The van der Waals surface area contributed by atoms with Crippen molar-refractivity contribution in [2.24, 2.45) is 5.92 Å². The minimum Gasteiger partial charge on any atom is -0.318 e. The molecule has 1 aromatic carbocycles. The van der Waals surface area contributed by atoms with Crippen LogP contribution in [-0.4, -0.2) is 15.5 Å². The maximum Gasteiger partial charge on any atom is 0.229 e. The summed E-state index contributed by atoms with van der Waals surface area (Å²) in [6.07, 6.45) is 1.95. The van der Waals surface area contributed by atoms with Gasteiger partial charge in [0.2, 0.25) is 5.91 Å². The lowest BCUT2D eigenvalue weighted by molar-refractivity contribution is -0.117. The minimum atomic E-state index is -0.248. The minimum absolute atomic E-state index is 0.0673. The van der Waals surface area contributed by atoms with Gasteiger partial charge in [-0.25, -0.2) is 9.37 Å². The van der Waals surface area contributed by atoms with Gasteiger partial charge in [-0.3, -0.25) is 4.79 Å². The summed E-state index contributed by atoms with van der Waals surface area (Å²) in [5, 5.41) is 5.49. The van der Waals surface area contributed by atoms with Crippen LogP contribution in [0.3, 0.4) is 0 Å². The van der Waals surface area contributed by atoms with Gasteiger partial charge in [-0.05, 0) is 57.0 Å². The Bertz CT molecular complexity index is 938. The largest absolute Gasteiger partial charge is 0.318 e. The third kappa shape index (κ3) is 3.09. The average molecular weight is 355 g/mol. The molecule has 6 heteroatoms. The first-order valence-electron chi connectivity index (χ1n) is 8.24. The zero-order valence-electron chi connectivity index (χ0n) is 14.0. The van der Waals surface area contributed by atoms with E-state index in [2.05, 4.69) is 20.9 Å². The molecule has 0 aliphatic heterocycles. The first-order valence-corrected chi connectivity index (χ1v) is 9.12.